The normalized spacial score (nSPS) is 15.3. The van der Waals surface area contributed by atoms with Gasteiger partial charge in [-0.25, -0.2) is 23.1 Å². The predicted molar refractivity (Wildman–Crippen MR) is 162 cm³/mol. The van der Waals surface area contributed by atoms with Gasteiger partial charge in [0, 0.05) is 66.6 Å². The molecule has 5 heterocycles. The number of hydrogen-bond acceptors (Lipinski definition) is 7. The Kier molecular flexibility index (Phi) is 7.94. The van der Waals surface area contributed by atoms with Gasteiger partial charge in [0.15, 0.2) is 0 Å². The van der Waals surface area contributed by atoms with Crippen molar-refractivity contribution in [3.63, 3.8) is 0 Å². The molecular formula is C33H31F3N6O. The minimum Gasteiger partial charge on any atom is -0.375 e. The Bertz CT molecular complexity index is 1780. The highest BCUT2D eigenvalue weighted by Crippen LogP contribution is 2.40. The van der Waals surface area contributed by atoms with Gasteiger partial charge >= 0.3 is 0 Å². The van der Waals surface area contributed by atoms with Crippen molar-refractivity contribution in [1.29, 1.82) is 0 Å². The molecule has 1 aromatic carbocycles. The summed E-state index contributed by atoms with van der Waals surface area (Å²) in [5.41, 5.74) is 3.79. The van der Waals surface area contributed by atoms with Gasteiger partial charge in [0.05, 0.1) is 52.6 Å². The van der Waals surface area contributed by atoms with Crippen LogP contribution in [-0.2, 0) is 4.74 Å². The number of ether oxygens (including phenoxy) is 1. The Morgan fingerprint density at radius 3 is 2.65 bits per heavy atom. The number of pyridine rings is 4. The first-order valence-corrected chi connectivity index (χ1v) is 14.2. The number of nitrogens with zero attached hydrogens (tertiary/aromatic N) is 5. The molecule has 0 amide bonds. The molecule has 6 rings (SSSR count). The minimum atomic E-state index is -0.756. The maximum atomic E-state index is 15.5. The Labute approximate surface area is 247 Å². The first-order chi connectivity index (χ1) is 20.8. The van der Waals surface area contributed by atoms with Crippen molar-refractivity contribution in [2.45, 2.75) is 33.3 Å². The second-order valence-corrected chi connectivity index (χ2v) is 11.1. The molecule has 7 nitrogen and oxygen atoms in total. The van der Waals surface area contributed by atoms with E-state index < -0.39 is 17.5 Å². The molecule has 0 spiro atoms. The first-order valence-electron chi connectivity index (χ1n) is 14.2. The summed E-state index contributed by atoms with van der Waals surface area (Å²) in [6.45, 7) is 8.02. The van der Waals surface area contributed by atoms with E-state index in [1.54, 1.807) is 30.7 Å². The lowest BCUT2D eigenvalue weighted by atomic mass is 10.0. The van der Waals surface area contributed by atoms with Gasteiger partial charge < -0.3 is 15.0 Å². The number of fused-ring (bicyclic) bond motifs is 1. The number of anilines is 3. The number of morpholine rings is 1. The van der Waals surface area contributed by atoms with E-state index in [-0.39, 0.29) is 17.0 Å². The van der Waals surface area contributed by atoms with Gasteiger partial charge in [-0.05, 0) is 37.5 Å². The van der Waals surface area contributed by atoms with Crippen molar-refractivity contribution < 1.29 is 17.9 Å². The molecule has 1 atom stereocenters. The molecule has 0 bridgehead atoms. The van der Waals surface area contributed by atoms with E-state index in [4.69, 9.17) is 9.72 Å². The van der Waals surface area contributed by atoms with Crippen molar-refractivity contribution in [2.75, 3.05) is 29.9 Å². The Balaban J connectivity index is 1.52. The molecule has 1 aliphatic rings. The van der Waals surface area contributed by atoms with Crippen molar-refractivity contribution in [1.82, 2.24) is 19.9 Å². The maximum absolute atomic E-state index is 15.5. The topological polar surface area (TPSA) is 76.1 Å². The van der Waals surface area contributed by atoms with Gasteiger partial charge in [-0.15, -0.1) is 0 Å². The average Bonchev–Trinajstić information content (AvgIpc) is 2.98. The fraction of sp³-hybridized carbons (Fsp3) is 0.273. The largest absolute Gasteiger partial charge is 0.375 e. The summed E-state index contributed by atoms with van der Waals surface area (Å²) in [6.07, 6.45) is 6.96. The van der Waals surface area contributed by atoms with Gasteiger partial charge in [-0.1, -0.05) is 19.9 Å². The lowest BCUT2D eigenvalue weighted by Gasteiger charge is -2.35. The van der Waals surface area contributed by atoms with Crippen LogP contribution in [0.4, 0.5) is 30.4 Å². The molecule has 0 aliphatic carbocycles. The Morgan fingerprint density at radius 2 is 1.88 bits per heavy atom. The molecule has 10 heteroatoms. The number of aromatic nitrogens is 4. The molecule has 1 saturated heterocycles. The fourth-order valence-electron chi connectivity index (χ4n) is 5.55. The molecule has 1 unspecified atom stereocenters. The van der Waals surface area contributed by atoms with Crippen molar-refractivity contribution >= 4 is 28.1 Å². The van der Waals surface area contributed by atoms with Crippen LogP contribution >= 0.6 is 0 Å². The standard InChI is InChI=1S/C33H31F3N6O/c1-19(2)10-24-18-42(8-9-43-24)30-14-28(25(17-39-30)21-11-23(35)16-37-15-21)40-33-20(3)32(27-6-4-5-7-38-27)41-29-13-22(34)12-26(36)31(29)33/h4-7,11-17,19,24H,8-10,18H2,1-3H3,(H,39,40,41). The fourth-order valence-corrected chi connectivity index (χ4v) is 5.55. The van der Waals surface area contributed by atoms with Gasteiger partial charge in [-0.3, -0.25) is 9.97 Å². The quantitative estimate of drug-likeness (QED) is 0.213. The van der Waals surface area contributed by atoms with Crippen LogP contribution < -0.4 is 10.2 Å². The van der Waals surface area contributed by atoms with Gasteiger partial charge in [0.25, 0.3) is 0 Å². The van der Waals surface area contributed by atoms with Gasteiger partial charge in [0.2, 0.25) is 0 Å². The number of hydrogen-bond donors (Lipinski definition) is 1. The predicted octanol–water partition coefficient (Wildman–Crippen LogP) is 7.47. The van der Waals surface area contributed by atoms with Crippen LogP contribution in [-0.4, -0.2) is 45.7 Å². The second-order valence-electron chi connectivity index (χ2n) is 11.1. The second kappa shape index (κ2) is 12.0. The third-order valence-electron chi connectivity index (χ3n) is 7.52. The molecule has 1 fully saturated rings. The number of rotatable bonds is 7. The van der Waals surface area contributed by atoms with E-state index in [1.807, 2.05) is 19.1 Å². The summed E-state index contributed by atoms with van der Waals surface area (Å²) >= 11 is 0. The summed E-state index contributed by atoms with van der Waals surface area (Å²) in [4.78, 5) is 20.0. The van der Waals surface area contributed by atoms with E-state index in [1.165, 1.54) is 12.1 Å². The number of halogens is 3. The highest BCUT2D eigenvalue weighted by molar-refractivity contribution is 5.99. The van der Waals surface area contributed by atoms with Gasteiger partial charge in [-0.2, -0.15) is 0 Å². The van der Waals surface area contributed by atoms with E-state index in [0.29, 0.717) is 70.9 Å². The highest BCUT2D eigenvalue weighted by Gasteiger charge is 2.24. The van der Waals surface area contributed by atoms with E-state index in [0.717, 1.165) is 18.7 Å². The lowest BCUT2D eigenvalue weighted by molar-refractivity contribution is 0.0273. The number of benzene rings is 1. The van der Waals surface area contributed by atoms with Crippen LogP contribution in [0.15, 0.2) is 67.3 Å². The zero-order valence-corrected chi connectivity index (χ0v) is 24.1. The van der Waals surface area contributed by atoms with Crippen molar-refractivity contribution in [3.05, 3.63) is 90.3 Å². The Morgan fingerprint density at radius 1 is 1.02 bits per heavy atom. The average molecular weight is 585 g/mol. The summed E-state index contributed by atoms with van der Waals surface area (Å²) in [5.74, 6) is -0.815. The van der Waals surface area contributed by atoms with Crippen LogP contribution in [0.5, 0.6) is 0 Å². The van der Waals surface area contributed by atoms with Crippen LogP contribution in [0, 0.1) is 30.3 Å². The first kappa shape index (κ1) is 28.5. The van der Waals surface area contributed by atoms with E-state index >= 15 is 4.39 Å². The smallest absolute Gasteiger partial charge is 0.142 e. The third-order valence-corrected chi connectivity index (χ3v) is 7.52. The monoisotopic (exact) mass is 584 g/mol. The van der Waals surface area contributed by atoms with E-state index in [9.17, 15) is 8.78 Å². The summed E-state index contributed by atoms with van der Waals surface area (Å²) < 4.78 is 50.2. The van der Waals surface area contributed by atoms with Crippen molar-refractivity contribution in [2.24, 2.45) is 5.92 Å². The summed E-state index contributed by atoms with van der Waals surface area (Å²) in [5, 5.41) is 3.55. The Hall–Kier alpha value is -4.57. The van der Waals surface area contributed by atoms with Gasteiger partial charge in [0.1, 0.15) is 23.3 Å². The van der Waals surface area contributed by atoms with E-state index in [2.05, 4.69) is 39.0 Å². The molecular weight excluding hydrogens is 553 g/mol. The molecule has 1 N–H and O–H groups in total. The summed E-state index contributed by atoms with van der Waals surface area (Å²) in [7, 11) is 0. The SMILES string of the molecule is Cc1c(-c2ccccn2)nc2cc(F)cc(F)c2c1Nc1cc(N2CCOC(CC(C)C)C2)ncc1-c1cncc(F)c1. The maximum Gasteiger partial charge on any atom is 0.142 e. The minimum absolute atomic E-state index is 0.0652. The zero-order valence-electron chi connectivity index (χ0n) is 24.1. The lowest BCUT2D eigenvalue weighted by Crippen LogP contribution is -2.43. The van der Waals surface area contributed by atoms with Crippen LogP contribution in [0.25, 0.3) is 33.4 Å². The number of nitrogens with one attached hydrogen (secondary N) is 1. The molecule has 1 aliphatic heterocycles. The molecule has 4 aromatic heterocycles. The summed E-state index contributed by atoms with van der Waals surface area (Å²) in [6, 6.07) is 10.7. The molecule has 5 aromatic rings. The molecule has 43 heavy (non-hydrogen) atoms. The highest BCUT2D eigenvalue weighted by atomic mass is 19.1. The molecule has 220 valence electrons. The zero-order chi connectivity index (χ0) is 30.1. The molecule has 0 saturated carbocycles. The third kappa shape index (κ3) is 6.01. The van der Waals surface area contributed by atoms with Crippen LogP contribution in [0.3, 0.4) is 0 Å². The van der Waals surface area contributed by atoms with Crippen LogP contribution in [0.2, 0.25) is 0 Å². The molecule has 0 radical (unpaired) electrons. The van der Waals surface area contributed by atoms with Crippen molar-refractivity contribution in [3.8, 4) is 22.5 Å². The van der Waals surface area contributed by atoms with Crippen LogP contribution in [0.1, 0.15) is 25.8 Å².